The van der Waals surface area contributed by atoms with Gasteiger partial charge in [0.15, 0.2) is 5.82 Å². The molecule has 2 aromatic heterocycles. The highest BCUT2D eigenvalue weighted by Gasteiger charge is 2.21. The van der Waals surface area contributed by atoms with Crippen molar-refractivity contribution in [3.05, 3.63) is 53.1 Å². The maximum Gasteiger partial charge on any atom is 0.283 e. The van der Waals surface area contributed by atoms with Crippen LogP contribution in [0.4, 0.5) is 5.82 Å². The lowest BCUT2D eigenvalue weighted by Gasteiger charge is -2.27. The number of morpholine rings is 1. The summed E-state index contributed by atoms with van der Waals surface area (Å²) in [5, 5.41) is 4.51. The second-order valence-electron chi connectivity index (χ2n) is 6.12. The summed E-state index contributed by atoms with van der Waals surface area (Å²) in [4.78, 5) is 27.1. The molecule has 0 radical (unpaired) electrons. The molecule has 130 valence electrons. The number of fused-ring (bicyclic) bond motifs is 3. The summed E-state index contributed by atoms with van der Waals surface area (Å²) in [7, 11) is 0. The highest BCUT2D eigenvalue weighted by atomic mass is 16.5. The zero-order chi connectivity index (χ0) is 17.5. The Labute approximate surface area is 148 Å². The largest absolute Gasteiger partial charge is 0.378 e. The lowest BCUT2D eigenvalue weighted by Crippen LogP contribution is -2.36. The molecule has 3 aliphatic rings. The molecule has 1 N–H and O–H groups in total. The number of aromatic amines is 1. The molecule has 0 bridgehead atoms. The monoisotopic (exact) mass is 348 g/mol. The van der Waals surface area contributed by atoms with Crippen LogP contribution in [0.5, 0.6) is 0 Å². The quantitative estimate of drug-likeness (QED) is 0.590. The van der Waals surface area contributed by atoms with Crippen LogP contribution in [-0.4, -0.2) is 51.0 Å². The van der Waals surface area contributed by atoms with Crippen LogP contribution in [0.15, 0.2) is 47.5 Å². The highest BCUT2D eigenvalue weighted by molar-refractivity contribution is 5.91. The van der Waals surface area contributed by atoms with E-state index in [0.717, 1.165) is 24.4 Å². The van der Waals surface area contributed by atoms with Gasteiger partial charge in [0.1, 0.15) is 17.0 Å². The summed E-state index contributed by atoms with van der Waals surface area (Å²) >= 11 is 0. The first-order valence-electron chi connectivity index (χ1n) is 8.46. The molecule has 0 amide bonds. The van der Waals surface area contributed by atoms with E-state index in [0.29, 0.717) is 35.8 Å². The van der Waals surface area contributed by atoms with Crippen molar-refractivity contribution in [2.24, 2.45) is 0 Å². The second-order valence-corrected chi connectivity index (χ2v) is 6.12. The fourth-order valence-corrected chi connectivity index (χ4v) is 3.22. The zero-order valence-corrected chi connectivity index (χ0v) is 13.9. The molecule has 26 heavy (non-hydrogen) atoms. The van der Waals surface area contributed by atoms with Gasteiger partial charge in [-0.05, 0) is 24.3 Å². The summed E-state index contributed by atoms with van der Waals surface area (Å²) in [6.45, 7) is 2.98. The van der Waals surface area contributed by atoms with Gasteiger partial charge in [-0.2, -0.15) is 9.78 Å². The Hall–Kier alpha value is -3.26. The van der Waals surface area contributed by atoms with Gasteiger partial charge in [-0.25, -0.2) is 9.97 Å². The van der Waals surface area contributed by atoms with Crippen LogP contribution < -0.4 is 10.5 Å². The summed E-state index contributed by atoms with van der Waals surface area (Å²) < 4.78 is 6.73. The van der Waals surface area contributed by atoms with Gasteiger partial charge in [-0.1, -0.05) is 6.07 Å². The smallest absolute Gasteiger partial charge is 0.283 e. The van der Waals surface area contributed by atoms with Crippen molar-refractivity contribution in [3.8, 4) is 17.1 Å². The minimum atomic E-state index is -0.213. The normalized spacial score (nSPS) is 15.0. The zero-order valence-electron chi connectivity index (χ0n) is 13.9. The van der Waals surface area contributed by atoms with Crippen molar-refractivity contribution in [2.45, 2.75) is 0 Å². The van der Waals surface area contributed by atoms with Gasteiger partial charge in [0, 0.05) is 25.5 Å². The van der Waals surface area contributed by atoms with Crippen LogP contribution in [0, 0.1) is 0 Å². The van der Waals surface area contributed by atoms with Gasteiger partial charge in [0.2, 0.25) is 0 Å². The van der Waals surface area contributed by atoms with Gasteiger partial charge in [-0.15, -0.1) is 0 Å². The van der Waals surface area contributed by atoms with Crippen molar-refractivity contribution in [1.82, 2.24) is 24.7 Å². The maximum atomic E-state index is 12.7. The second kappa shape index (κ2) is 5.92. The lowest BCUT2D eigenvalue weighted by molar-refractivity contribution is 0.122. The molecule has 5 rings (SSSR count). The van der Waals surface area contributed by atoms with Crippen molar-refractivity contribution < 1.29 is 4.74 Å². The molecule has 8 heteroatoms. The highest BCUT2D eigenvalue weighted by Crippen LogP contribution is 2.26. The number of nitrogens with one attached hydrogen (secondary N) is 1. The molecular weight excluding hydrogens is 332 g/mol. The molecular formula is C18H16N6O2. The summed E-state index contributed by atoms with van der Waals surface area (Å²) in [5.41, 5.74) is 2.37. The van der Waals surface area contributed by atoms with Crippen LogP contribution in [0.25, 0.3) is 28.1 Å². The number of nitrogens with zero attached hydrogens (tertiary/aromatic N) is 5. The summed E-state index contributed by atoms with van der Waals surface area (Å²) in [5.74, 6) is 1.35. The number of H-pyrrole nitrogens is 1. The molecule has 8 nitrogen and oxygen atoms in total. The van der Waals surface area contributed by atoms with E-state index in [9.17, 15) is 4.79 Å². The van der Waals surface area contributed by atoms with E-state index < -0.39 is 0 Å². The lowest BCUT2D eigenvalue weighted by atomic mass is 10.2. The maximum absolute atomic E-state index is 12.7. The predicted octanol–water partition coefficient (Wildman–Crippen LogP) is 1.45. The Kier molecular flexibility index (Phi) is 3.42. The van der Waals surface area contributed by atoms with E-state index in [1.807, 2.05) is 18.2 Å². The molecule has 3 aliphatic heterocycles. The van der Waals surface area contributed by atoms with Crippen LogP contribution in [-0.2, 0) is 4.74 Å². The predicted molar refractivity (Wildman–Crippen MR) is 96.9 cm³/mol. The van der Waals surface area contributed by atoms with E-state index in [2.05, 4.69) is 20.0 Å². The van der Waals surface area contributed by atoms with Crippen molar-refractivity contribution in [1.29, 1.82) is 0 Å². The van der Waals surface area contributed by atoms with Gasteiger partial charge in [0.05, 0.1) is 24.3 Å². The van der Waals surface area contributed by atoms with Crippen molar-refractivity contribution in [2.75, 3.05) is 31.2 Å². The average Bonchev–Trinajstić information content (AvgIpc) is 3.06. The van der Waals surface area contributed by atoms with Crippen molar-refractivity contribution >= 4 is 16.9 Å². The van der Waals surface area contributed by atoms with Crippen LogP contribution >= 0.6 is 0 Å². The first-order valence-corrected chi connectivity index (χ1v) is 8.46. The first kappa shape index (κ1) is 15.0. The molecule has 2 aromatic rings. The Morgan fingerprint density at radius 1 is 1.08 bits per heavy atom. The van der Waals surface area contributed by atoms with E-state index in [1.165, 1.54) is 4.68 Å². The molecule has 0 spiro atoms. The molecule has 0 atom stereocenters. The third-order valence-corrected chi connectivity index (χ3v) is 4.56. The van der Waals surface area contributed by atoms with Crippen LogP contribution in [0.2, 0.25) is 0 Å². The number of ether oxygens (including phenoxy) is 1. The van der Waals surface area contributed by atoms with E-state index in [4.69, 9.17) is 9.72 Å². The Balaban J connectivity index is 1.70. The Bertz CT molecular complexity index is 1100. The van der Waals surface area contributed by atoms with Crippen molar-refractivity contribution in [3.63, 3.8) is 0 Å². The molecule has 1 saturated heterocycles. The van der Waals surface area contributed by atoms with E-state index in [-0.39, 0.29) is 5.56 Å². The van der Waals surface area contributed by atoms with E-state index >= 15 is 0 Å². The molecule has 1 fully saturated rings. The van der Waals surface area contributed by atoms with Crippen LogP contribution in [0.1, 0.15) is 0 Å². The molecule has 0 saturated carbocycles. The summed E-state index contributed by atoms with van der Waals surface area (Å²) in [6, 6.07) is 9.33. The minimum absolute atomic E-state index is 0.213. The first-order chi connectivity index (χ1) is 12.8. The number of hydrogen-bond acceptors (Lipinski definition) is 6. The Morgan fingerprint density at radius 2 is 1.96 bits per heavy atom. The standard InChI is InChI=1S/C18H16N6O2/c25-18-12-11-20-13-4-5-15(23-7-9-26-10-8-23)21-17(13)16(12)22-24(18)14-3-1-2-6-19-14/h1-6,11,20H,7-10H2. The average molecular weight is 348 g/mol. The topological polar surface area (TPSA) is 88.9 Å². The fraction of sp³-hybridized carbons (Fsp3) is 0.222. The Morgan fingerprint density at radius 3 is 2.77 bits per heavy atom. The molecule has 0 aliphatic carbocycles. The number of aromatic nitrogens is 5. The number of rotatable bonds is 2. The number of pyridine rings is 3. The van der Waals surface area contributed by atoms with Crippen LogP contribution in [0.3, 0.4) is 0 Å². The van der Waals surface area contributed by atoms with E-state index in [1.54, 1.807) is 24.5 Å². The summed E-state index contributed by atoms with van der Waals surface area (Å²) in [6.07, 6.45) is 3.32. The third kappa shape index (κ3) is 2.34. The third-order valence-electron chi connectivity index (χ3n) is 4.56. The van der Waals surface area contributed by atoms with Gasteiger partial charge < -0.3 is 14.6 Å². The molecule has 5 heterocycles. The SMILES string of the molecule is O=c1c2c[nH]c3ccc(N4CCOCC4)nc3c-2nn1-c1ccccn1. The molecule has 0 aromatic carbocycles. The van der Waals surface area contributed by atoms with Gasteiger partial charge in [-0.3, -0.25) is 4.79 Å². The minimum Gasteiger partial charge on any atom is -0.378 e. The molecule has 0 unspecified atom stereocenters. The van der Waals surface area contributed by atoms with Gasteiger partial charge in [0.25, 0.3) is 5.56 Å². The number of hydrogen-bond donors (Lipinski definition) is 1. The van der Waals surface area contributed by atoms with Gasteiger partial charge >= 0.3 is 0 Å². The number of anilines is 1. The fourth-order valence-electron chi connectivity index (χ4n) is 3.22.